The summed E-state index contributed by atoms with van der Waals surface area (Å²) in [6, 6.07) is 0. The Morgan fingerprint density at radius 3 is 2.55 bits per heavy atom. The maximum absolute atomic E-state index is 11.2. The lowest BCUT2D eigenvalue weighted by molar-refractivity contribution is -0.0896. The molecule has 1 aliphatic carbocycles. The zero-order valence-electron chi connectivity index (χ0n) is 13.6. The van der Waals surface area contributed by atoms with Crippen molar-refractivity contribution in [2.75, 3.05) is 13.2 Å². The van der Waals surface area contributed by atoms with Gasteiger partial charge in [0.25, 0.3) is 0 Å². The topological polar surface area (TPSA) is 44.8 Å². The second-order valence-electron chi connectivity index (χ2n) is 6.82. The van der Waals surface area contributed by atoms with Crippen LogP contribution in [0.25, 0.3) is 0 Å². The Morgan fingerprint density at radius 2 is 2.05 bits per heavy atom. The third-order valence-corrected chi connectivity index (χ3v) is 3.42. The van der Waals surface area contributed by atoms with Crippen LogP contribution in [0, 0.1) is 5.41 Å². The Labute approximate surface area is 122 Å². The molecule has 0 saturated carbocycles. The van der Waals surface area contributed by atoms with E-state index in [1.165, 1.54) is 5.57 Å². The van der Waals surface area contributed by atoms with Gasteiger partial charge in [0, 0.05) is 0 Å². The highest BCUT2D eigenvalue weighted by molar-refractivity contribution is 5.59. The van der Waals surface area contributed by atoms with Gasteiger partial charge < -0.3 is 14.2 Å². The molecule has 0 aromatic rings. The first kappa shape index (κ1) is 17.0. The standard InChI is InChI=1S/C16H28O4/c1-7-18-14(17)19-11-16(5,6)20-12(2)13-8-9-15(3,4)10-13/h8,12H,7,9-11H2,1-6H3. The fraction of sp³-hybridized carbons (Fsp3) is 0.812. The summed E-state index contributed by atoms with van der Waals surface area (Å²) in [6.45, 7) is 12.7. The van der Waals surface area contributed by atoms with Crippen molar-refractivity contribution in [3.63, 3.8) is 0 Å². The molecule has 1 aliphatic rings. The zero-order valence-corrected chi connectivity index (χ0v) is 13.6. The summed E-state index contributed by atoms with van der Waals surface area (Å²) in [4.78, 5) is 11.2. The maximum atomic E-state index is 11.2. The summed E-state index contributed by atoms with van der Waals surface area (Å²) in [5.74, 6) is 0. The Morgan fingerprint density at radius 1 is 1.40 bits per heavy atom. The molecule has 4 nitrogen and oxygen atoms in total. The van der Waals surface area contributed by atoms with Crippen molar-refractivity contribution in [3.05, 3.63) is 11.6 Å². The molecule has 0 amide bonds. The molecular formula is C16H28O4. The third kappa shape index (κ3) is 5.53. The second-order valence-corrected chi connectivity index (χ2v) is 6.82. The minimum absolute atomic E-state index is 0.0394. The molecule has 0 heterocycles. The van der Waals surface area contributed by atoms with E-state index in [1.54, 1.807) is 6.92 Å². The molecule has 0 N–H and O–H groups in total. The summed E-state index contributed by atoms with van der Waals surface area (Å²) in [7, 11) is 0. The van der Waals surface area contributed by atoms with E-state index in [-0.39, 0.29) is 12.7 Å². The number of carbonyl (C=O) groups excluding carboxylic acids is 1. The summed E-state index contributed by atoms with van der Waals surface area (Å²) in [5, 5.41) is 0. The van der Waals surface area contributed by atoms with E-state index in [2.05, 4.69) is 26.8 Å². The lowest BCUT2D eigenvalue weighted by atomic mass is 9.89. The average Bonchev–Trinajstić information content (AvgIpc) is 2.67. The molecular weight excluding hydrogens is 256 g/mol. The lowest BCUT2D eigenvalue weighted by Gasteiger charge is -2.30. The molecule has 0 fully saturated rings. The minimum atomic E-state index is -0.641. The fourth-order valence-electron chi connectivity index (χ4n) is 2.39. The van der Waals surface area contributed by atoms with E-state index in [4.69, 9.17) is 14.2 Å². The first-order valence-electron chi connectivity index (χ1n) is 7.31. The summed E-state index contributed by atoms with van der Waals surface area (Å²) >= 11 is 0. The van der Waals surface area contributed by atoms with Gasteiger partial charge in [-0.1, -0.05) is 19.9 Å². The van der Waals surface area contributed by atoms with Crippen LogP contribution in [0.1, 0.15) is 54.4 Å². The molecule has 0 aliphatic heterocycles. The molecule has 0 radical (unpaired) electrons. The van der Waals surface area contributed by atoms with Gasteiger partial charge in [-0.05, 0) is 51.5 Å². The molecule has 0 aromatic heterocycles. The molecule has 1 unspecified atom stereocenters. The molecule has 116 valence electrons. The van der Waals surface area contributed by atoms with Gasteiger partial charge in [-0.3, -0.25) is 0 Å². The van der Waals surface area contributed by atoms with Crippen LogP contribution < -0.4 is 0 Å². The van der Waals surface area contributed by atoms with Crippen molar-refractivity contribution in [2.24, 2.45) is 5.41 Å². The number of allylic oxidation sites excluding steroid dienone is 1. The van der Waals surface area contributed by atoms with Crippen LogP contribution in [0.5, 0.6) is 0 Å². The van der Waals surface area contributed by atoms with Crippen molar-refractivity contribution < 1.29 is 19.0 Å². The van der Waals surface area contributed by atoms with Crippen molar-refractivity contribution in [1.29, 1.82) is 0 Å². The zero-order chi connectivity index (χ0) is 15.4. The molecule has 1 rings (SSSR count). The van der Waals surface area contributed by atoms with Crippen molar-refractivity contribution >= 4 is 6.16 Å². The Bertz CT molecular complexity index is 369. The van der Waals surface area contributed by atoms with Crippen molar-refractivity contribution in [1.82, 2.24) is 0 Å². The van der Waals surface area contributed by atoms with E-state index in [1.807, 2.05) is 13.8 Å². The quantitative estimate of drug-likeness (QED) is 0.544. The van der Waals surface area contributed by atoms with Gasteiger partial charge in [-0.2, -0.15) is 0 Å². The molecule has 0 bridgehead atoms. The largest absolute Gasteiger partial charge is 0.508 e. The van der Waals surface area contributed by atoms with Crippen LogP contribution in [-0.2, 0) is 14.2 Å². The molecule has 20 heavy (non-hydrogen) atoms. The molecule has 0 saturated heterocycles. The summed E-state index contributed by atoms with van der Waals surface area (Å²) in [5.41, 5.74) is 1.14. The van der Waals surface area contributed by atoms with Gasteiger partial charge in [-0.15, -0.1) is 0 Å². The smallest absolute Gasteiger partial charge is 0.435 e. The molecule has 1 atom stereocenters. The van der Waals surface area contributed by atoms with E-state index in [0.29, 0.717) is 12.0 Å². The number of ether oxygens (including phenoxy) is 3. The van der Waals surface area contributed by atoms with E-state index >= 15 is 0 Å². The predicted molar refractivity (Wildman–Crippen MR) is 78.7 cm³/mol. The van der Waals surface area contributed by atoms with Crippen LogP contribution in [-0.4, -0.2) is 31.1 Å². The van der Waals surface area contributed by atoms with Crippen LogP contribution in [0.4, 0.5) is 4.79 Å². The number of hydrogen-bond acceptors (Lipinski definition) is 4. The summed E-state index contributed by atoms with van der Waals surface area (Å²) < 4.78 is 15.8. The number of hydrogen-bond donors (Lipinski definition) is 0. The monoisotopic (exact) mass is 284 g/mol. The third-order valence-electron chi connectivity index (χ3n) is 3.42. The molecule has 0 spiro atoms. The fourth-order valence-corrected chi connectivity index (χ4v) is 2.39. The highest BCUT2D eigenvalue weighted by Crippen LogP contribution is 2.38. The number of carbonyl (C=O) groups is 1. The molecule has 4 heteroatoms. The van der Waals surface area contributed by atoms with Gasteiger partial charge in [0.05, 0.1) is 18.3 Å². The van der Waals surface area contributed by atoms with E-state index < -0.39 is 11.8 Å². The maximum Gasteiger partial charge on any atom is 0.508 e. The second kappa shape index (κ2) is 6.61. The normalized spacial score (nSPS) is 19.4. The van der Waals surface area contributed by atoms with Gasteiger partial charge >= 0.3 is 6.16 Å². The molecule has 0 aromatic carbocycles. The van der Waals surface area contributed by atoms with Crippen LogP contribution in [0.3, 0.4) is 0 Å². The van der Waals surface area contributed by atoms with Crippen molar-refractivity contribution in [3.8, 4) is 0 Å². The van der Waals surface area contributed by atoms with Crippen LogP contribution in [0.2, 0.25) is 0 Å². The highest BCUT2D eigenvalue weighted by Gasteiger charge is 2.31. The highest BCUT2D eigenvalue weighted by atomic mass is 16.7. The van der Waals surface area contributed by atoms with Gasteiger partial charge in [0.2, 0.25) is 0 Å². The van der Waals surface area contributed by atoms with Gasteiger partial charge in [-0.25, -0.2) is 4.79 Å². The Hall–Kier alpha value is -1.03. The first-order chi connectivity index (χ1) is 9.15. The van der Waals surface area contributed by atoms with Crippen molar-refractivity contribution in [2.45, 2.75) is 66.1 Å². The lowest BCUT2D eigenvalue weighted by Crippen LogP contribution is -2.36. The Kier molecular flexibility index (Phi) is 5.63. The van der Waals surface area contributed by atoms with E-state index in [9.17, 15) is 4.79 Å². The Balaban J connectivity index is 2.43. The predicted octanol–water partition coefficient (Wildman–Crippen LogP) is 4.09. The summed E-state index contributed by atoms with van der Waals surface area (Å²) in [6.07, 6.45) is 3.82. The van der Waals surface area contributed by atoms with Crippen LogP contribution >= 0.6 is 0 Å². The SMILES string of the molecule is CCOC(=O)OCC(C)(C)OC(C)C1=CCC(C)(C)C1. The minimum Gasteiger partial charge on any atom is -0.435 e. The van der Waals surface area contributed by atoms with Crippen LogP contribution in [0.15, 0.2) is 11.6 Å². The average molecular weight is 284 g/mol. The van der Waals surface area contributed by atoms with E-state index in [0.717, 1.165) is 12.8 Å². The first-order valence-corrected chi connectivity index (χ1v) is 7.31. The van der Waals surface area contributed by atoms with Gasteiger partial charge in [0.1, 0.15) is 6.61 Å². The number of rotatable bonds is 6. The van der Waals surface area contributed by atoms with Gasteiger partial charge in [0.15, 0.2) is 0 Å².